The zero-order valence-electron chi connectivity index (χ0n) is 13.4. The van der Waals surface area contributed by atoms with E-state index in [1.165, 1.54) is 16.2 Å². The fourth-order valence-electron chi connectivity index (χ4n) is 2.59. The molecule has 0 bridgehead atoms. The zero-order valence-corrected chi connectivity index (χ0v) is 13.4. The highest BCUT2D eigenvalue weighted by molar-refractivity contribution is 5.91. The van der Waals surface area contributed by atoms with Crippen molar-refractivity contribution in [2.45, 2.75) is 12.7 Å². The van der Waals surface area contributed by atoms with Crippen molar-refractivity contribution in [2.24, 2.45) is 7.05 Å². The van der Waals surface area contributed by atoms with Crippen LogP contribution in [0.15, 0.2) is 46.1 Å². The monoisotopic (exact) mass is 366 g/mol. The van der Waals surface area contributed by atoms with E-state index in [-0.39, 0.29) is 0 Å². The van der Waals surface area contributed by atoms with Gasteiger partial charge in [0.05, 0.1) is 16.6 Å². The number of nitrogens with one attached hydrogen (secondary N) is 2. The molecule has 3 aromatic rings. The predicted octanol–water partition coefficient (Wildman–Crippen LogP) is 1.69. The van der Waals surface area contributed by atoms with Gasteiger partial charge in [-0.3, -0.25) is 18.7 Å². The molecule has 0 saturated heterocycles. The molecule has 1 amide bonds. The van der Waals surface area contributed by atoms with Gasteiger partial charge in [-0.15, -0.1) is 0 Å². The summed E-state index contributed by atoms with van der Waals surface area (Å²) in [5, 5.41) is 2.12. The second-order valence-corrected chi connectivity index (χ2v) is 5.59. The maximum absolute atomic E-state index is 12.7. The number of imidazole rings is 1. The molecule has 0 saturated carbocycles. The Balaban J connectivity index is 1.91. The smallest absolute Gasteiger partial charge is 0.327 e. The molecule has 7 nitrogen and oxygen atoms in total. The average Bonchev–Trinajstić information content (AvgIpc) is 2.81. The fourth-order valence-corrected chi connectivity index (χ4v) is 2.59. The van der Waals surface area contributed by atoms with E-state index < -0.39 is 41.1 Å². The van der Waals surface area contributed by atoms with Crippen LogP contribution in [-0.4, -0.2) is 20.0 Å². The van der Waals surface area contributed by atoms with Crippen LogP contribution in [0.3, 0.4) is 0 Å². The Hall–Kier alpha value is -3.30. The van der Waals surface area contributed by atoms with Gasteiger partial charge in [-0.2, -0.15) is 13.2 Å². The van der Waals surface area contributed by atoms with Crippen molar-refractivity contribution >= 4 is 22.6 Å². The minimum Gasteiger partial charge on any atom is -0.327 e. The molecule has 26 heavy (non-hydrogen) atoms. The summed E-state index contributed by atoms with van der Waals surface area (Å²) in [5.74, 6) is -0.798. The van der Waals surface area contributed by atoms with E-state index in [2.05, 4.69) is 5.32 Å². The number of nitrogens with zero attached hydrogens (tertiary/aromatic N) is 2. The van der Waals surface area contributed by atoms with E-state index in [0.717, 1.165) is 0 Å². The second kappa shape index (κ2) is 6.21. The first-order valence-electron chi connectivity index (χ1n) is 7.42. The summed E-state index contributed by atoms with van der Waals surface area (Å²) < 4.78 is 40.7. The Morgan fingerprint density at radius 2 is 1.85 bits per heavy atom. The van der Waals surface area contributed by atoms with E-state index in [1.54, 1.807) is 24.3 Å². The first kappa shape index (κ1) is 17.5. The van der Waals surface area contributed by atoms with Gasteiger partial charge in [0.2, 0.25) is 5.91 Å². The number of carbonyl (C=O) groups is 1. The van der Waals surface area contributed by atoms with Crippen molar-refractivity contribution < 1.29 is 18.0 Å². The van der Waals surface area contributed by atoms with E-state index >= 15 is 0 Å². The van der Waals surface area contributed by atoms with Gasteiger partial charge in [-0.25, -0.2) is 4.79 Å². The molecule has 0 aliphatic heterocycles. The van der Waals surface area contributed by atoms with Gasteiger partial charge >= 0.3 is 11.9 Å². The predicted molar refractivity (Wildman–Crippen MR) is 87.9 cm³/mol. The normalized spacial score (nSPS) is 11.7. The van der Waals surface area contributed by atoms with Gasteiger partial charge in [-0.05, 0) is 18.2 Å². The Bertz CT molecular complexity index is 1110. The van der Waals surface area contributed by atoms with Crippen LogP contribution in [0.4, 0.5) is 18.9 Å². The van der Waals surface area contributed by atoms with Crippen molar-refractivity contribution in [1.82, 2.24) is 14.1 Å². The van der Waals surface area contributed by atoms with Crippen LogP contribution in [-0.2, 0) is 24.6 Å². The van der Waals surface area contributed by atoms with Gasteiger partial charge in [-0.1, -0.05) is 12.1 Å². The number of benzene rings is 1. The quantitative estimate of drug-likeness (QED) is 0.739. The molecule has 136 valence electrons. The third-order valence-corrected chi connectivity index (χ3v) is 3.86. The first-order chi connectivity index (χ1) is 12.2. The van der Waals surface area contributed by atoms with Crippen LogP contribution in [0.5, 0.6) is 0 Å². The van der Waals surface area contributed by atoms with E-state index in [1.807, 2.05) is 4.98 Å². The third-order valence-electron chi connectivity index (χ3n) is 3.86. The number of para-hydroxylation sites is 2. The number of halogens is 3. The van der Waals surface area contributed by atoms with Gasteiger partial charge in [0, 0.05) is 13.2 Å². The lowest BCUT2D eigenvalue weighted by atomic mass is 10.2. The Morgan fingerprint density at radius 1 is 1.19 bits per heavy atom. The van der Waals surface area contributed by atoms with Crippen LogP contribution in [0, 0.1) is 0 Å². The van der Waals surface area contributed by atoms with Crippen LogP contribution in [0.2, 0.25) is 0 Å². The number of amides is 1. The molecule has 2 aromatic heterocycles. The third kappa shape index (κ3) is 3.13. The van der Waals surface area contributed by atoms with Crippen molar-refractivity contribution in [3.8, 4) is 0 Å². The summed E-state index contributed by atoms with van der Waals surface area (Å²) in [6.45, 7) is -0.449. The van der Waals surface area contributed by atoms with Crippen LogP contribution in [0.1, 0.15) is 5.56 Å². The van der Waals surface area contributed by atoms with Crippen molar-refractivity contribution in [3.05, 3.63) is 62.9 Å². The maximum atomic E-state index is 12.7. The lowest BCUT2D eigenvalue weighted by molar-refractivity contribution is -0.137. The lowest BCUT2D eigenvalue weighted by Gasteiger charge is -2.09. The first-order valence-corrected chi connectivity index (χ1v) is 7.42. The highest BCUT2D eigenvalue weighted by Crippen LogP contribution is 2.29. The van der Waals surface area contributed by atoms with Crippen molar-refractivity contribution in [1.29, 1.82) is 0 Å². The fraction of sp³-hybridized carbons (Fsp3) is 0.188. The largest absolute Gasteiger partial charge is 0.417 e. The zero-order chi connectivity index (χ0) is 19.1. The number of aryl methyl sites for hydroxylation is 1. The number of anilines is 1. The molecular weight excluding hydrogens is 353 g/mol. The Morgan fingerprint density at radius 3 is 2.50 bits per heavy atom. The molecule has 1 aromatic carbocycles. The molecule has 0 atom stereocenters. The molecule has 0 aliphatic rings. The summed E-state index contributed by atoms with van der Waals surface area (Å²) in [5.41, 5.74) is -1.89. The van der Waals surface area contributed by atoms with Gasteiger partial charge in [0.1, 0.15) is 12.2 Å². The highest BCUT2D eigenvalue weighted by Gasteiger charge is 2.31. The van der Waals surface area contributed by atoms with Crippen LogP contribution in [0.25, 0.3) is 11.0 Å². The Kier molecular flexibility index (Phi) is 4.18. The molecule has 0 fully saturated rings. The highest BCUT2D eigenvalue weighted by atomic mass is 19.4. The minimum atomic E-state index is -4.67. The van der Waals surface area contributed by atoms with E-state index in [4.69, 9.17) is 0 Å². The molecule has 0 spiro atoms. The minimum absolute atomic E-state index is 0.449. The number of aromatic amines is 1. The van der Waals surface area contributed by atoms with Crippen molar-refractivity contribution in [3.63, 3.8) is 0 Å². The summed E-state index contributed by atoms with van der Waals surface area (Å²) >= 11 is 0. The molecular formula is C16H13F3N4O3. The maximum Gasteiger partial charge on any atom is 0.417 e. The Labute approximate surface area is 143 Å². The number of aromatic nitrogens is 3. The van der Waals surface area contributed by atoms with Crippen LogP contribution >= 0.6 is 0 Å². The number of alkyl halides is 3. The molecule has 2 heterocycles. The number of rotatable bonds is 3. The summed E-state index contributed by atoms with van der Waals surface area (Å²) in [7, 11) is 1.54. The van der Waals surface area contributed by atoms with Gasteiger partial charge in [0.15, 0.2) is 0 Å². The molecule has 0 aliphatic carbocycles. The number of pyridine rings is 1. The molecule has 3 rings (SSSR count). The number of hydrogen-bond donors (Lipinski definition) is 2. The van der Waals surface area contributed by atoms with Crippen LogP contribution < -0.4 is 16.6 Å². The van der Waals surface area contributed by atoms with Crippen molar-refractivity contribution in [2.75, 3.05) is 5.32 Å². The van der Waals surface area contributed by atoms with E-state index in [0.29, 0.717) is 23.3 Å². The molecule has 0 radical (unpaired) electrons. The van der Waals surface area contributed by atoms with E-state index in [9.17, 15) is 27.6 Å². The van der Waals surface area contributed by atoms with Gasteiger partial charge < -0.3 is 10.3 Å². The number of hydrogen-bond acceptors (Lipinski definition) is 3. The number of H-pyrrole nitrogens is 1. The number of carbonyl (C=O) groups excluding carboxylic acids is 1. The standard InChI is InChI=1S/C16H13F3N4O3/c1-22-11-4-2-3-5-12(11)23(15(22)26)8-13(24)21-10-6-9(16(17,18)19)7-20-14(10)25/h2-7H,8H2,1H3,(H,20,25)(H,21,24). The average molecular weight is 366 g/mol. The summed E-state index contributed by atoms with van der Waals surface area (Å²) in [6, 6.07) is 7.30. The second-order valence-electron chi connectivity index (χ2n) is 5.59. The molecule has 2 N–H and O–H groups in total. The number of fused-ring (bicyclic) bond motifs is 1. The molecule has 0 unspecified atom stereocenters. The summed E-state index contributed by atoms with van der Waals surface area (Å²) in [6.07, 6.45) is -4.15. The lowest BCUT2D eigenvalue weighted by Crippen LogP contribution is -2.30. The topological polar surface area (TPSA) is 88.9 Å². The van der Waals surface area contributed by atoms with Gasteiger partial charge in [0.25, 0.3) is 5.56 Å². The SMILES string of the molecule is Cn1c(=O)n(CC(=O)Nc2cc(C(F)(F)F)c[nH]c2=O)c2ccccc21. The summed E-state index contributed by atoms with van der Waals surface area (Å²) in [4.78, 5) is 38.0. The molecule has 10 heteroatoms.